The van der Waals surface area contributed by atoms with Gasteiger partial charge in [-0.1, -0.05) is 86.1 Å². The summed E-state index contributed by atoms with van der Waals surface area (Å²) in [5.74, 6) is -1.14. The van der Waals surface area contributed by atoms with E-state index in [4.69, 9.17) is 4.74 Å². The lowest BCUT2D eigenvalue weighted by Gasteiger charge is -2.31. The van der Waals surface area contributed by atoms with Gasteiger partial charge in [-0.2, -0.15) is 0 Å². The summed E-state index contributed by atoms with van der Waals surface area (Å²) in [5, 5.41) is 2.97. The smallest absolute Gasteiger partial charge is 0.261 e. The van der Waals surface area contributed by atoms with E-state index < -0.39 is 17.8 Å². The number of halogens is 1. The lowest BCUT2D eigenvalue weighted by Crippen LogP contribution is -2.51. The molecule has 34 heavy (non-hydrogen) atoms. The number of rotatable bonds is 12. The standard InChI is InChI=1S/C28H31FN2O3/c1-2-3-18-30-28(33)25(19-22-12-6-4-7-13-22)31(20-23-14-8-5-9-15-23)27(32)21-34-26-17-11-10-16-24(26)29/h4-17,25H,2-3,18-21H2,1H3,(H,30,33)/t25-/m1/s1. The Bertz CT molecular complexity index is 1040. The van der Waals surface area contributed by atoms with Crippen LogP contribution in [0.15, 0.2) is 84.9 Å². The highest BCUT2D eigenvalue weighted by atomic mass is 19.1. The van der Waals surface area contributed by atoms with E-state index >= 15 is 0 Å². The Kier molecular flexibility index (Phi) is 9.65. The Labute approximate surface area is 200 Å². The molecule has 0 saturated heterocycles. The lowest BCUT2D eigenvalue weighted by molar-refractivity contribution is -0.142. The van der Waals surface area contributed by atoms with Crippen LogP contribution in [-0.4, -0.2) is 35.9 Å². The highest BCUT2D eigenvalue weighted by Crippen LogP contribution is 2.18. The van der Waals surface area contributed by atoms with Crippen molar-refractivity contribution in [3.63, 3.8) is 0 Å². The molecule has 0 heterocycles. The predicted molar refractivity (Wildman–Crippen MR) is 131 cm³/mol. The predicted octanol–water partition coefficient (Wildman–Crippen LogP) is 4.76. The third-order valence-corrected chi connectivity index (χ3v) is 5.48. The molecule has 0 saturated carbocycles. The number of hydrogen-bond acceptors (Lipinski definition) is 3. The van der Waals surface area contributed by atoms with Crippen molar-refractivity contribution in [3.05, 3.63) is 102 Å². The van der Waals surface area contributed by atoms with Gasteiger partial charge in [0.2, 0.25) is 5.91 Å². The molecule has 3 rings (SSSR count). The van der Waals surface area contributed by atoms with Gasteiger partial charge in [-0.05, 0) is 29.7 Å². The minimum absolute atomic E-state index is 0.00233. The topological polar surface area (TPSA) is 58.6 Å². The first-order valence-corrected chi connectivity index (χ1v) is 11.6. The van der Waals surface area contributed by atoms with Gasteiger partial charge in [0.25, 0.3) is 5.91 Å². The first kappa shape index (κ1) is 25.0. The van der Waals surface area contributed by atoms with Crippen LogP contribution in [0, 0.1) is 5.82 Å². The van der Waals surface area contributed by atoms with Crippen LogP contribution in [0.2, 0.25) is 0 Å². The van der Waals surface area contributed by atoms with Crippen molar-refractivity contribution in [2.24, 2.45) is 0 Å². The summed E-state index contributed by atoms with van der Waals surface area (Å²) in [6.45, 7) is 2.46. The van der Waals surface area contributed by atoms with Crippen LogP contribution in [0.5, 0.6) is 5.75 Å². The molecule has 0 spiro atoms. The van der Waals surface area contributed by atoms with E-state index in [2.05, 4.69) is 12.2 Å². The highest BCUT2D eigenvalue weighted by molar-refractivity contribution is 5.88. The van der Waals surface area contributed by atoms with Gasteiger partial charge < -0.3 is 15.0 Å². The number of para-hydroxylation sites is 1. The average Bonchev–Trinajstić information content (AvgIpc) is 2.87. The maximum atomic E-state index is 14.0. The van der Waals surface area contributed by atoms with Crippen LogP contribution in [-0.2, 0) is 22.6 Å². The molecule has 0 unspecified atom stereocenters. The number of hydrogen-bond donors (Lipinski definition) is 1. The molecule has 6 heteroatoms. The van der Waals surface area contributed by atoms with Crippen LogP contribution in [0.25, 0.3) is 0 Å². The molecule has 0 aromatic heterocycles. The third kappa shape index (κ3) is 7.44. The van der Waals surface area contributed by atoms with E-state index in [-0.39, 0.29) is 24.8 Å². The van der Waals surface area contributed by atoms with Crippen LogP contribution < -0.4 is 10.1 Å². The quantitative estimate of drug-likeness (QED) is 0.395. The van der Waals surface area contributed by atoms with Gasteiger partial charge in [0, 0.05) is 19.5 Å². The number of carbonyl (C=O) groups excluding carboxylic acids is 2. The van der Waals surface area contributed by atoms with E-state index in [9.17, 15) is 14.0 Å². The number of amides is 2. The molecule has 0 aliphatic rings. The van der Waals surface area contributed by atoms with Gasteiger partial charge in [0.1, 0.15) is 6.04 Å². The highest BCUT2D eigenvalue weighted by Gasteiger charge is 2.30. The molecular weight excluding hydrogens is 431 g/mol. The normalized spacial score (nSPS) is 11.5. The van der Waals surface area contributed by atoms with Crippen LogP contribution >= 0.6 is 0 Å². The Balaban J connectivity index is 1.86. The van der Waals surface area contributed by atoms with Crippen LogP contribution in [0.1, 0.15) is 30.9 Å². The number of ether oxygens (including phenoxy) is 1. The first-order chi connectivity index (χ1) is 16.6. The summed E-state index contributed by atoms with van der Waals surface area (Å²) in [6, 6.07) is 24.3. The van der Waals surface area contributed by atoms with Crippen molar-refractivity contribution in [1.29, 1.82) is 0 Å². The summed E-state index contributed by atoms with van der Waals surface area (Å²) in [7, 11) is 0. The molecule has 2 amide bonds. The Morgan fingerprint density at radius 2 is 1.53 bits per heavy atom. The van der Waals surface area contributed by atoms with Crippen molar-refractivity contribution in [1.82, 2.24) is 10.2 Å². The van der Waals surface area contributed by atoms with E-state index in [0.717, 1.165) is 24.0 Å². The molecule has 0 radical (unpaired) electrons. The molecule has 5 nitrogen and oxygen atoms in total. The fourth-order valence-electron chi connectivity index (χ4n) is 3.62. The maximum Gasteiger partial charge on any atom is 0.261 e. The van der Waals surface area contributed by atoms with E-state index in [1.54, 1.807) is 12.1 Å². The lowest BCUT2D eigenvalue weighted by atomic mass is 10.0. The molecule has 0 aliphatic heterocycles. The van der Waals surface area contributed by atoms with Crippen LogP contribution in [0.4, 0.5) is 4.39 Å². The second-order valence-corrected chi connectivity index (χ2v) is 8.08. The van der Waals surface area contributed by atoms with Gasteiger partial charge in [-0.15, -0.1) is 0 Å². The summed E-state index contributed by atoms with van der Waals surface area (Å²) < 4.78 is 19.5. The van der Waals surface area contributed by atoms with Crippen molar-refractivity contribution in [2.45, 2.75) is 38.8 Å². The van der Waals surface area contributed by atoms with Gasteiger partial charge in [-0.3, -0.25) is 9.59 Å². The van der Waals surface area contributed by atoms with Crippen molar-refractivity contribution in [2.75, 3.05) is 13.2 Å². The number of unbranched alkanes of at least 4 members (excludes halogenated alkanes) is 1. The number of benzene rings is 3. The zero-order chi connectivity index (χ0) is 24.2. The fraction of sp³-hybridized carbons (Fsp3) is 0.286. The minimum atomic E-state index is -0.740. The largest absolute Gasteiger partial charge is 0.481 e. The SMILES string of the molecule is CCCCNC(=O)[C@@H](Cc1ccccc1)N(Cc1ccccc1)C(=O)COc1ccccc1F. The molecule has 0 aliphatic carbocycles. The molecular formula is C28H31FN2O3. The fourth-order valence-corrected chi connectivity index (χ4v) is 3.62. The van der Waals surface area contributed by atoms with Gasteiger partial charge in [-0.25, -0.2) is 4.39 Å². The molecule has 3 aromatic rings. The average molecular weight is 463 g/mol. The molecule has 1 atom stereocenters. The third-order valence-electron chi connectivity index (χ3n) is 5.48. The Morgan fingerprint density at radius 3 is 2.18 bits per heavy atom. The zero-order valence-electron chi connectivity index (χ0n) is 19.5. The van der Waals surface area contributed by atoms with Crippen LogP contribution in [0.3, 0.4) is 0 Å². The molecule has 0 bridgehead atoms. The number of carbonyl (C=O) groups is 2. The van der Waals surface area contributed by atoms with E-state index in [1.807, 2.05) is 60.7 Å². The second kappa shape index (κ2) is 13.1. The summed E-state index contributed by atoms with van der Waals surface area (Å²) in [4.78, 5) is 28.2. The first-order valence-electron chi connectivity index (χ1n) is 11.6. The molecule has 3 aromatic carbocycles. The summed E-state index contributed by atoms with van der Waals surface area (Å²) in [5.41, 5.74) is 1.83. The van der Waals surface area contributed by atoms with E-state index in [1.165, 1.54) is 17.0 Å². The second-order valence-electron chi connectivity index (χ2n) is 8.08. The van der Waals surface area contributed by atoms with E-state index in [0.29, 0.717) is 13.0 Å². The summed E-state index contributed by atoms with van der Waals surface area (Å²) >= 11 is 0. The Morgan fingerprint density at radius 1 is 0.912 bits per heavy atom. The molecule has 178 valence electrons. The van der Waals surface area contributed by atoms with Gasteiger partial charge >= 0.3 is 0 Å². The Hall–Kier alpha value is -3.67. The molecule has 0 fully saturated rings. The van der Waals surface area contributed by atoms with Crippen molar-refractivity contribution < 1.29 is 18.7 Å². The zero-order valence-corrected chi connectivity index (χ0v) is 19.5. The molecule has 1 N–H and O–H groups in total. The number of nitrogens with zero attached hydrogens (tertiary/aromatic N) is 1. The minimum Gasteiger partial charge on any atom is -0.481 e. The van der Waals surface area contributed by atoms with Gasteiger partial charge in [0.15, 0.2) is 18.2 Å². The van der Waals surface area contributed by atoms with Crippen molar-refractivity contribution >= 4 is 11.8 Å². The van der Waals surface area contributed by atoms with Gasteiger partial charge in [0.05, 0.1) is 0 Å². The summed E-state index contributed by atoms with van der Waals surface area (Å²) in [6.07, 6.45) is 2.16. The monoisotopic (exact) mass is 462 g/mol. The number of nitrogens with one attached hydrogen (secondary N) is 1. The maximum absolute atomic E-state index is 14.0. The van der Waals surface area contributed by atoms with Crippen molar-refractivity contribution in [3.8, 4) is 5.75 Å².